The van der Waals surface area contributed by atoms with Gasteiger partial charge in [0.15, 0.2) is 0 Å². The first-order chi connectivity index (χ1) is 9.07. The van der Waals surface area contributed by atoms with E-state index in [9.17, 15) is 8.78 Å². The molecule has 1 atom stereocenters. The highest BCUT2D eigenvalue weighted by Gasteiger charge is 2.38. The predicted octanol–water partition coefficient (Wildman–Crippen LogP) is 3.38. The third-order valence-corrected chi connectivity index (χ3v) is 4.03. The number of hydrogen-bond donors (Lipinski definition) is 1. The van der Waals surface area contributed by atoms with Gasteiger partial charge in [0.25, 0.3) is 0 Å². The molecule has 0 aliphatic heterocycles. The molecule has 108 valence electrons. The minimum absolute atomic E-state index is 0.00430. The van der Waals surface area contributed by atoms with Gasteiger partial charge < -0.3 is 9.88 Å². The van der Waals surface area contributed by atoms with Crippen molar-refractivity contribution < 1.29 is 8.78 Å². The molecule has 5 heteroatoms. The molecule has 19 heavy (non-hydrogen) atoms. The van der Waals surface area contributed by atoms with E-state index in [-0.39, 0.29) is 24.8 Å². The largest absolute Gasteiger partial charge is 0.334 e. The summed E-state index contributed by atoms with van der Waals surface area (Å²) in [5.41, 5.74) is 0. The number of aryl methyl sites for hydroxylation is 1. The summed E-state index contributed by atoms with van der Waals surface area (Å²) in [7, 11) is 1.89. The molecule has 0 radical (unpaired) electrons. The quantitative estimate of drug-likeness (QED) is 0.889. The van der Waals surface area contributed by atoms with Crippen LogP contribution in [0.25, 0.3) is 0 Å². The summed E-state index contributed by atoms with van der Waals surface area (Å²) in [5.74, 6) is -1.23. The van der Waals surface area contributed by atoms with Crippen LogP contribution in [0.2, 0.25) is 0 Å². The van der Waals surface area contributed by atoms with Crippen molar-refractivity contribution in [3.8, 4) is 0 Å². The third-order valence-electron chi connectivity index (χ3n) is 4.03. The Kier molecular flexibility index (Phi) is 4.55. The Morgan fingerprint density at radius 1 is 1.47 bits per heavy atom. The van der Waals surface area contributed by atoms with Crippen LogP contribution in [0.3, 0.4) is 0 Å². The van der Waals surface area contributed by atoms with Crippen molar-refractivity contribution in [3.63, 3.8) is 0 Å². The molecule has 1 aliphatic carbocycles. The highest BCUT2D eigenvalue weighted by atomic mass is 19.3. The summed E-state index contributed by atoms with van der Waals surface area (Å²) < 4.78 is 28.6. The smallest absolute Gasteiger partial charge is 0.248 e. The fourth-order valence-corrected chi connectivity index (χ4v) is 3.00. The van der Waals surface area contributed by atoms with E-state index in [1.54, 1.807) is 6.20 Å². The Balaban J connectivity index is 2.09. The molecule has 1 aliphatic rings. The van der Waals surface area contributed by atoms with Gasteiger partial charge in [-0.05, 0) is 32.2 Å². The van der Waals surface area contributed by atoms with E-state index < -0.39 is 5.92 Å². The summed E-state index contributed by atoms with van der Waals surface area (Å²) in [6.07, 6.45) is 5.96. The van der Waals surface area contributed by atoms with Crippen LogP contribution in [-0.4, -0.2) is 22.5 Å². The van der Waals surface area contributed by atoms with E-state index in [1.807, 2.05) is 13.2 Å². The fraction of sp³-hybridized carbons (Fsp3) is 0.786. The van der Waals surface area contributed by atoms with E-state index in [1.165, 1.54) is 0 Å². The van der Waals surface area contributed by atoms with Gasteiger partial charge in [0, 0.05) is 31.8 Å². The van der Waals surface area contributed by atoms with Crippen LogP contribution in [0.5, 0.6) is 0 Å². The highest BCUT2D eigenvalue weighted by molar-refractivity contribution is 5.03. The van der Waals surface area contributed by atoms with E-state index in [2.05, 4.69) is 21.8 Å². The molecule has 3 nitrogen and oxygen atoms in total. The van der Waals surface area contributed by atoms with Gasteiger partial charge in [0.2, 0.25) is 5.92 Å². The molecule has 1 saturated carbocycles. The van der Waals surface area contributed by atoms with E-state index in [0.29, 0.717) is 12.8 Å². The lowest BCUT2D eigenvalue weighted by molar-refractivity contribution is -0.0499. The standard InChI is InChI=1S/C14H23F2N3/c1-3-9-19-10-8-18-13(19)12(17-2)11-4-6-14(15,16)7-5-11/h8,10-12,17H,3-7,9H2,1-2H3. The lowest BCUT2D eigenvalue weighted by atomic mass is 9.81. The molecule has 1 unspecified atom stereocenters. The zero-order chi connectivity index (χ0) is 13.9. The molecular formula is C14H23F2N3. The number of rotatable bonds is 5. The molecule has 1 fully saturated rings. The second-order valence-electron chi connectivity index (χ2n) is 5.44. The molecular weight excluding hydrogens is 248 g/mol. The van der Waals surface area contributed by atoms with Crippen molar-refractivity contribution in [2.24, 2.45) is 5.92 Å². The van der Waals surface area contributed by atoms with Crippen LogP contribution < -0.4 is 5.32 Å². The molecule has 1 aromatic heterocycles. The zero-order valence-electron chi connectivity index (χ0n) is 11.7. The maximum absolute atomic E-state index is 13.2. The van der Waals surface area contributed by atoms with Gasteiger partial charge >= 0.3 is 0 Å². The molecule has 1 N–H and O–H groups in total. The molecule has 2 rings (SSSR count). The number of imidazole rings is 1. The lowest BCUT2D eigenvalue weighted by Gasteiger charge is -2.33. The summed E-state index contributed by atoms with van der Waals surface area (Å²) >= 11 is 0. The minimum Gasteiger partial charge on any atom is -0.334 e. The Hall–Kier alpha value is -0.970. The van der Waals surface area contributed by atoms with Crippen LogP contribution in [0, 0.1) is 5.92 Å². The van der Waals surface area contributed by atoms with Gasteiger partial charge in [-0.15, -0.1) is 0 Å². The van der Waals surface area contributed by atoms with Crippen molar-refractivity contribution in [3.05, 3.63) is 18.2 Å². The molecule has 1 aromatic rings. The first-order valence-corrected chi connectivity index (χ1v) is 7.13. The number of alkyl halides is 2. The molecule has 0 spiro atoms. The normalized spacial score (nSPS) is 21.5. The molecule has 1 heterocycles. The first-order valence-electron chi connectivity index (χ1n) is 7.13. The van der Waals surface area contributed by atoms with Gasteiger partial charge in [-0.2, -0.15) is 0 Å². The highest BCUT2D eigenvalue weighted by Crippen LogP contribution is 2.40. The molecule has 0 amide bonds. The monoisotopic (exact) mass is 271 g/mol. The Labute approximate surface area is 113 Å². The average molecular weight is 271 g/mol. The van der Waals surface area contributed by atoms with Crippen molar-refractivity contribution in [1.82, 2.24) is 14.9 Å². The van der Waals surface area contributed by atoms with Crippen molar-refractivity contribution >= 4 is 0 Å². The van der Waals surface area contributed by atoms with Crippen molar-refractivity contribution in [1.29, 1.82) is 0 Å². The van der Waals surface area contributed by atoms with Gasteiger partial charge in [-0.25, -0.2) is 13.8 Å². The van der Waals surface area contributed by atoms with Crippen molar-refractivity contribution in [2.75, 3.05) is 7.05 Å². The summed E-state index contributed by atoms with van der Waals surface area (Å²) in [6.45, 7) is 3.05. The number of halogens is 2. The average Bonchev–Trinajstić information content (AvgIpc) is 2.81. The van der Waals surface area contributed by atoms with E-state index in [0.717, 1.165) is 18.8 Å². The summed E-state index contributed by atoms with van der Waals surface area (Å²) in [4.78, 5) is 4.43. The number of aromatic nitrogens is 2. The minimum atomic E-state index is -2.46. The summed E-state index contributed by atoms with van der Waals surface area (Å²) in [5, 5.41) is 3.27. The molecule has 0 aromatic carbocycles. The fourth-order valence-electron chi connectivity index (χ4n) is 3.00. The van der Waals surface area contributed by atoms with Gasteiger partial charge in [0.1, 0.15) is 5.82 Å². The molecule has 0 saturated heterocycles. The second kappa shape index (κ2) is 5.99. The van der Waals surface area contributed by atoms with Gasteiger partial charge in [-0.3, -0.25) is 0 Å². The summed E-state index contributed by atoms with van der Waals surface area (Å²) in [6, 6.07) is 0.0812. The Morgan fingerprint density at radius 2 is 2.16 bits per heavy atom. The topological polar surface area (TPSA) is 29.9 Å². The van der Waals surface area contributed by atoms with Gasteiger partial charge in [-0.1, -0.05) is 6.92 Å². The maximum atomic E-state index is 13.2. The number of nitrogens with zero attached hydrogens (tertiary/aromatic N) is 2. The number of nitrogens with one attached hydrogen (secondary N) is 1. The number of hydrogen-bond acceptors (Lipinski definition) is 2. The first kappa shape index (κ1) is 14.4. The van der Waals surface area contributed by atoms with Crippen LogP contribution in [0.15, 0.2) is 12.4 Å². The SMILES string of the molecule is CCCn1ccnc1C(NC)C1CCC(F)(F)CC1. The Bertz CT molecular complexity index is 393. The molecule has 0 bridgehead atoms. The van der Waals surface area contributed by atoms with Crippen LogP contribution in [-0.2, 0) is 6.54 Å². The maximum Gasteiger partial charge on any atom is 0.248 e. The predicted molar refractivity (Wildman–Crippen MR) is 71.2 cm³/mol. The van der Waals surface area contributed by atoms with Crippen molar-refractivity contribution in [2.45, 2.75) is 57.5 Å². The van der Waals surface area contributed by atoms with Gasteiger partial charge in [0.05, 0.1) is 6.04 Å². The van der Waals surface area contributed by atoms with Crippen LogP contribution in [0.1, 0.15) is 50.9 Å². The third kappa shape index (κ3) is 3.32. The van der Waals surface area contributed by atoms with E-state index >= 15 is 0 Å². The second-order valence-corrected chi connectivity index (χ2v) is 5.44. The van der Waals surface area contributed by atoms with Crippen LogP contribution in [0.4, 0.5) is 8.78 Å². The lowest BCUT2D eigenvalue weighted by Crippen LogP contribution is -2.34. The van der Waals surface area contributed by atoms with Crippen LogP contribution >= 0.6 is 0 Å². The zero-order valence-corrected chi connectivity index (χ0v) is 11.7. The van der Waals surface area contributed by atoms with E-state index in [4.69, 9.17) is 0 Å². The Morgan fingerprint density at radius 3 is 2.74 bits per heavy atom.